The highest BCUT2D eigenvalue weighted by atomic mass is 24.5. The van der Waals surface area contributed by atoms with Crippen molar-refractivity contribution in [1.29, 1.82) is 0 Å². The van der Waals surface area contributed by atoms with Gasteiger partial charge in [0.05, 0.1) is 0 Å². The Kier molecular flexibility index (Phi) is 10.6. The number of halogens is 6. The summed E-state index contributed by atoms with van der Waals surface area (Å²) in [5.74, 6) is 0. The lowest BCUT2D eigenvalue weighted by Gasteiger charge is -2.09. The molecule has 100 valence electrons. The SMILES string of the molecule is FC(F)(F)C[O][Mg][O]CC(F)(F)F.OB(O)O. The van der Waals surface area contributed by atoms with Crippen LogP contribution < -0.4 is 0 Å². The van der Waals surface area contributed by atoms with Crippen LogP contribution in [0.15, 0.2) is 0 Å². The molecule has 0 aliphatic rings. The quantitative estimate of drug-likeness (QED) is 0.373. The largest absolute Gasteiger partial charge is 0.793 e. The maximum Gasteiger partial charge on any atom is 0.793 e. The fraction of sp³-hybridized carbons (Fsp3) is 1.00. The summed E-state index contributed by atoms with van der Waals surface area (Å²) in [5, 5.41) is 21.5. The maximum absolute atomic E-state index is 11.3. The summed E-state index contributed by atoms with van der Waals surface area (Å²) in [6.07, 6.45) is -9.04. The van der Waals surface area contributed by atoms with Gasteiger partial charge in [-0.1, -0.05) is 0 Å². The molecule has 0 bridgehead atoms. The minimum atomic E-state index is -4.52. The van der Waals surface area contributed by atoms with E-state index in [0.29, 0.717) is 0 Å². The van der Waals surface area contributed by atoms with Gasteiger partial charge in [0.15, 0.2) is 0 Å². The minimum Gasteiger partial charge on any atom is -0.526 e. The van der Waals surface area contributed by atoms with E-state index in [4.69, 9.17) is 15.1 Å². The second-order valence-electron chi connectivity index (χ2n) is 2.39. The minimum absolute atomic E-state index is 1.56. The van der Waals surface area contributed by atoms with E-state index in [1.807, 2.05) is 0 Å². The molecule has 0 saturated heterocycles. The summed E-state index contributed by atoms with van der Waals surface area (Å²) < 4.78 is 75.8. The molecule has 0 aliphatic carbocycles. The predicted octanol–water partition coefficient (Wildman–Crippen LogP) is -0.373. The lowest BCUT2D eigenvalue weighted by molar-refractivity contribution is -0.166. The van der Waals surface area contributed by atoms with E-state index in [-0.39, 0.29) is 0 Å². The molecule has 5 nitrogen and oxygen atoms in total. The molecule has 0 amide bonds. The molecule has 0 unspecified atom stereocenters. The third kappa shape index (κ3) is 31.4. The first-order valence-electron chi connectivity index (χ1n) is 3.77. The Labute approximate surface area is 102 Å². The number of hydrogen-bond donors (Lipinski definition) is 3. The van der Waals surface area contributed by atoms with Gasteiger partial charge >= 0.3 is 40.8 Å². The third-order valence-electron chi connectivity index (χ3n) is 0.698. The molecule has 0 spiro atoms. The second kappa shape index (κ2) is 9.18. The molecule has 0 fully saturated rings. The Morgan fingerprint density at radius 1 is 0.824 bits per heavy atom. The standard InChI is InChI=1S/2C2H2F3O.BH3O3.Mg/c2*3-2(4,5)1-6;2-1(3)4;/h2*1H2;2-4H;/q2*-1;;+2. The smallest absolute Gasteiger partial charge is 0.526 e. The van der Waals surface area contributed by atoms with E-state index in [0.717, 1.165) is 0 Å². The van der Waals surface area contributed by atoms with Crippen LogP contribution in [0.25, 0.3) is 0 Å². The number of alkyl halides is 6. The molecule has 0 heterocycles. The Balaban J connectivity index is 0. The maximum atomic E-state index is 11.3. The van der Waals surface area contributed by atoms with Crippen LogP contribution in [0.3, 0.4) is 0 Å². The van der Waals surface area contributed by atoms with Crippen LogP contribution >= 0.6 is 0 Å². The van der Waals surface area contributed by atoms with Crippen LogP contribution in [0.2, 0.25) is 0 Å². The highest BCUT2D eigenvalue weighted by molar-refractivity contribution is 6.30. The van der Waals surface area contributed by atoms with E-state index in [1.54, 1.807) is 0 Å². The van der Waals surface area contributed by atoms with E-state index < -0.39 is 54.1 Å². The van der Waals surface area contributed by atoms with Gasteiger partial charge < -0.3 is 21.4 Å². The van der Waals surface area contributed by atoms with Crippen molar-refractivity contribution in [2.75, 3.05) is 13.2 Å². The van der Waals surface area contributed by atoms with Crippen LogP contribution in [-0.2, 0) is 6.34 Å². The van der Waals surface area contributed by atoms with Gasteiger partial charge in [0.2, 0.25) is 0 Å². The van der Waals surface area contributed by atoms with Gasteiger partial charge in [-0.2, -0.15) is 26.3 Å². The highest BCUT2D eigenvalue weighted by Gasteiger charge is 2.30. The van der Waals surface area contributed by atoms with E-state index >= 15 is 0 Å². The Bertz CT molecular complexity index is 167. The summed E-state index contributed by atoms with van der Waals surface area (Å²) >= 11 is -2.19. The lowest BCUT2D eigenvalue weighted by Crippen LogP contribution is -2.23. The first-order valence-corrected chi connectivity index (χ1v) is 4.92. The van der Waals surface area contributed by atoms with Crippen LogP contribution in [0.4, 0.5) is 26.3 Å². The molecule has 0 radical (unpaired) electrons. The van der Waals surface area contributed by atoms with Crippen molar-refractivity contribution in [3.8, 4) is 0 Å². The van der Waals surface area contributed by atoms with Gasteiger partial charge in [-0.3, -0.25) is 0 Å². The topological polar surface area (TPSA) is 79.2 Å². The van der Waals surface area contributed by atoms with Gasteiger partial charge in [-0.25, -0.2) is 0 Å². The Morgan fingerprint density at radius 3 is 1.24 bits per heavy atom. The van der Waals surface area contributed by atoms with E-state index in [2.05, 4.69) is 6.34 Å². The van der Waals surface area contributed by atoms with Crippen molar-refractivity contribution < 1.29 is 47.8 Å². The van der Waals surface area contributed by atoms with Gasteiger partial charge in [-0.15, -0.1) is 0 Å². The van der Waals surface area contributed by atoms with Crippen molar-refractivity contribution in [2.24, 2.45) is 0 Å². The molecule has 17 heavy (non-hydrogen) atoms. The summed E-state index contributed by atoms with van der Waals surface area (Å²) in [5.41, 5.74) is 0. The van der Waals surface area contributed by atoms with Gasteiger partial charge in [0, 0.05) is 0 Å². The fourth-order valence-electron chi connectivity index (χ4n) is 0.374. The van der Waals surface area contributed by atoms with Crippen molar-refractivity contribution in [3.05, 3.63) is 0 Å². The molecule has 3 N–H and O–H groups in total. The second-order valence-corrected chi connectivity index (χ2v) is 3.44. The van der Waals surface area contributed by atoms with Crippen LogP contribution in [0.1, 0.15) is 0 Å². The molecule has 0 aromatic rings. The first-order chi connectivity index (χ1) is 7.44. The Morgan fingerprint density at radius 2 is 1.06 bits per heavy atom. The van der Waals surface area contributed by atoms with Crippen molar-refractivity contribution in [1.82, 2.24) is 0 Å². The number of hydrogen-bond acceptors (Lipinski definition) is 5. The first kappa shape index (κ1) is 19.5. The normalized spacial score (nSPS) is 11.4. The molecule has 0 rings (SSSR count). The van der Waals surface area contributed by atoms with E-state index in [1.165, 1.54) is 0 Å². The van der Waals surface area contributed by atoms with Crippen LogP contribution in [0, 0.1) is 0 Å². The Hall–Kier alpha value is 0.211. The summed E-state index contributed by atoms with van der Waals surface area (Å²) in [7, 11) is -2.17. The molecular formula is C4H7BF6MgO5. The average molecular weight is 284 g/mol. The third-order valence-corrected chi connectivity index (χ3v) is 1.44. The fourth-order valence-corrected chi connectivity index (χ4v) is 1.12. The molecular weight excluding hydrogens is 277 g/mol. The van der Waals surface area contributed by atoms with Crippen molar-refractivity contribution in [2.45, 2.75) is 12.4 Å². The molecule has 0 aliphatic heterocycles. The average Bonchev–Trinajstić information content (AvgIpc) is 1.97. The van der Waals surface area contributed by atoms with Gasteiger partial charge in [0.25, 0.3) is 0 Å². The van der Waals surface area contributed by atoms with Crippen molar-refractivity contribution in [3.63, 3.8) is 0 Å². The molecule has 13 heteroatoms. The van der Waals surface area contributed by atoms with Crippen molar-refractivity contribution >= 4 is 28.5 Å². The zero-order valence-corrected chi connectivity index (χ0v) is 9.54. The van der Waals surface area contributed by atoms with Crippen LogP contribution in [0.5, 0.6) is 0 Å². The summed E-state index contributed by atoms with van der Waals surface area (Å²) in [6, 6.07) is 0. The molecule has 0 saturated carbocycles. The molecule has 0 atom stereocenters. The number of rotatable bonds is 4. The molecule has 0 aromatic heterocycles. The van der Waals surface area contributed by atoms with E-state index in [9.17, 15) is 26.3 Å². The predicted molar refractivity (Wildman–Crippen MR) is 42.2 cm³/mol. The lowest BCUT2D eigenvalue weighted by atomic mass is 10.3. The monoisotopic (exact) mass is 284 g/mol. The zero-order chi connectivity index (χ0) is 14.1. The highest BCUT2D eigenvalue weighted by Crippen LogP contribution is 2.15. The summed E-state index contributed by atoms with van der Waals surface area (Å²) in [6.45, 7) is -3.12. The van der Waals surface area contributed by atoms with Gasteiger partial charge in [0.1, 0.15) is 13.2 Å². The molecule has 0 aromatic carbocycles. The van der Waals surface area contributed by atoms with Crippen LogP contribution in [-0.4, -0.2) is 69.1 Å². The summed E-state index contributed by atoms with van der Waals surface area (Å²) in [4.78, 5) is 0. The van der Waals surface area contributed by atoms with Gasteiger partial charge in [-0.05, 0) is 0 Å². The zero-order valence-electron chi connectivity index (χ0n) is 8.12.